The number of benzene rings is 1. The first kappa shape index (κ1) is 6.49. The van der Waals surface area contributed by atoms with Crippen LogP contribution in [0.25, 0.3) is 0 Å². The topological polar surface area (TPSA) is 44.3 Å². The van der Waals surface area contributed by atoms with Gasteiger partial charge in [0.1, 0.15) is 5.75 Å². The number of aromatic hydroxyl groups is 1. The van der Waals surface area contributed by atoms with Crippen LogP contribution in [0, 0.1) is 0 Å². The summed E-state index contributed by atoms with van der Waals surface area (Å²) in [5.41, 5.74) is 7.89. The SMILES string of the molecule is Oc1cccc2c1NNCC2. The maximum Gasteiger partial charge on any atom is 0.140 e. The van der Waals surface area contributed by atoms with E-state index in [1.54, 1.807) is 6.07 Å². The van der Waals surface area contributed by atoms with Crippen LogP contribution in [0.5, 0.6) is 5.75 Å². The summed E-state index contributed by atoms with van der Waals surface area (Å²) in [5.74, 6) is 0.315. The van der Waals surface area contributed by atoms with E-state index in [0.29, 0.717) is 5.75 Å². The Bertz CT molecular complexity index is 273. The number of phenolic OH excluding ortho intramolecular Hbond substituents is 1. The standard InChI is InChI=1S/C8H10N2O/c11-7-3-1-2-6-4-5-9-10-8(6)7/h1-3,9-11H,4-5H2. The third kappa shape index (κ3) is 1.03. The first-order valence-corrected chi connectivity index (χ1v) is 3.67. The molecule has 0 aliphatic carbocycles. The monoisotopic (exact) mass is 150 g/mol. The van der Waals surface area contributed by atoms with Crippen molar-refractivity contribution in [1.82, 2.24) is 5.43 Å². The number of hydrogen-bond donors (Lipinski definition) is 3. The van der Waals surface area contributed by atoms with Gasteiger partial charge in [-0.3, -0.25) is 0 Å². The molecule has 1 aliphatic rings. The lowest BCUT2D eigenvalue weighted by Gasteiger charge is -2.19. The van der Waals surface area contributed by atoms with E-state index < -0.39 is 0 Å². The number of anilines is 1. The highest BCUT2D eigenvalue weighted by molar-refractivity contribution is 5.61. The zero-order valence-corrected chi connectivity index (χ0v) is 6.09. The van der Waals surface area contributed by atoms with E-state index >= 15 is 0 Å². The Labute approximate surface area is 65.0 Å². The molecule has 1 aliphatic heterocycles. The Kier molecular flexibility index (Phi) is 1.43. The third-order valence-corrected chi connectivity index (χ3v) is 1.86. The van der Waals surface area contributed by atoms with Gasteiger partial charge in [0.25, 0.3) is 0 Å². The summed E-state index contributed by atoms with van der Waals surface area (Å²) in [4.78, 5) is 0. The van der Waals surface area contributed by atoms with E-state index in [4.69, 9.17) is 0 Å². The van der Waals surface area contributed by atoms with Crippen LogP contribution in [0.15, 0.2) is 18.2 Å². The summed E-state index contributed by atoms with van der Waals surface area (Å²) in [5, 5.41) is 9.35. The third-order valence-electron chi connectivity index (χ3n) is 1.86. The van der Waals surface area contributed by atoms with Crippen LogP contribution in [0.1, 0.15) is 5.56 Å². The Morgan fingerprint density at radius 3 is 3.09 bits per heavy atom. The van der Waals surface area contributed by atoms with Gasteiger partial charge >= 0.3 is 0 Å². The molecular formula is C8H10N2O. The largest absolute Gasteiger partial charge is 0.506 e. The second-order valence-corrected chi connectivity index (χ2v) is 2.61. The van der Waals surface area contributed by atoms with Crippen LogP contribution in [-0.2, 0) is 6.42 Å². The fourth-order valence-electron chi connectivity index (χ4n) is 1.29. The van der Waals surface area contributed by atoms with Crippen LogP contribution in [0.4, 0.5) is 5.69 Å². The molecule has 0 bridgehead atoms. The minimum atomic E-state index is 0.315. The first-order chi connectivity index (χ1) is 5.38. The molecule has 58 valence electrons. The molecule has 3 nitrogen and oxygen atoms in total. The molecular weight excluding hydrogens is 140 g/mol. The minimum Gasteiger partial charge on any atom is -0.506 e. The minimum absolute atomic E-state index is 0.315. The van der Waals surface area contributed by atoms with Crippen molar-refractivity contribution in [3.05, 3.63) is 23.8 Å². The molecule has 0 saturated heterocycles. The highest BCUT2D eigenvalue weighted by Crippen LogP contribution is 2.28. The predicted octanol–water partition coefficient (Wildman–Crippen LogP) is 0.865. The van der Waals surface area contributed by atoms with Gasteiger partial charge in [0.2, 0.25) is 0 Å². The summed E-state index contributed by atoms with van der Waals surface area (Å²) >= 11 is 0. The van der Waals surface area contributed by atoms with E-state index in [0.717, 1.165) is 18.7 Å². The van der Waals surface area contributed by atoms with E-state index in [9.17, 15) is 5.11 Å². The van der Waals surface area contributed by atoms with Crippen molar-refractivity contribution in [2.75, 3.05) is 12.0 Å². The van der Waals surface area contributed by atoms with Crippen molar-refractivity contribution < 1.29 is 5.11 Å². The van der Waals surface area contributed by atoms with Gasteiger partial charge in [-0.1, -0.05) is 12.1 Å². The quantitative estimate of drug-likeness (QED) is 0.481. The van der Waals surface area contributed by atoms with E-state index in [1.165, 1.54) is 5.56 Å². The maximum atomic E-state index is 9.35. The molecule has 1 aromatic rings. The van der Waals surface area contributed by atoms with Crippen molar-refractivity contribution in [3.8, 4) is 5.75 Å². The molecule has 1 aromatic carbocycles. The Morgan fingerprint density at radius 2 is 2.27 bits per heavy atom. The predicted molar refractivity (Wildman–Crippen MR) is 43.4 cm³/mol. The zero-order valence-electron chi connectivity index (χ0n) is 6.09. The van der Waals surface area contributed by atoms with Crippen molar-refractivity contribution >= 4 is 5.69 Å². The van der Waals surface area contributed by atoms with Gasteiger partial charge in [0, 0.05) is 6.54 Å². The first-order valence-electron chi connectivity index (χ1n) is 3.67. The lowest BCUT2D eigenvalue weighted by Crippen LogP contribution is -2.29. The van der Waals surface area contributed by atoms with Crippen LogP contribution in [0.3, 0.4) is 0 Å². The molecule has 3 N–H and O–H groups in total. The molecule has 0 saturated carbocycles. The molecule has 0 unspecified atom stereocenters. The van der Waals surface area contributed by atoms with E-state index in [1.807, 2.05) is 12.1 Å². The number of hydrazine groups is 1. The van der Waals surface area contributed by atoms with Crippen molar-refractivity contribution in [1.29, 1.82) is 0 Å². The lowest BCUT2D eigenvalue weighted by atomic mass is 10.1. The van der Waals surface area contributed by atoms with Gasteiger partial charge in [-0.2, -0.15) is 0 Å². The summed E-state index contributed by atoms with van der Waals surface area (Å²) < 4.78 is 0. The lowest BCUT2D eigenvalue weighted by molar-refractivity contribution is 0.474. The van der Waals surface area contributed by atoms with Crippen LogP contribution >= 0.6 is 0 Å². The number of hydrogen-bond acceptors (Lipinski definition) is 3. The Morgan fingerprint density at radius 1 is 1.36 bits per heavy atom. The van der Waals surface area contributed by atoms with Crippen molar-refractivity contribution in [2.24, 2.45) is 0 Å². The summed E-state index contributed by atoms with van der Waals surface area (Å²) in [6.07, 6.45) is 0.969. The van der Waals surface area contributed by atoms with Gasteiger partial charge in [-0.25, -0.2) is 5.43 Å². The van der Waals surface area contributed by atoms with Gasteiger partial charge in [-0.15, -0.1) is 0 Å². The molecule has 0 amide bonds. The summed E-state index contributed by atoms with van der Waals surface area (Å²) in [6, 6.07) is 5.56. The van der Waals surface area contributed by atoms with Crippen LogP contribution in [0.2, 0.25) is 0 Å². The summed E-state index contributed by atoms with van der Waals surface area (Å²) in [6.45, 7) is 0.913. The fraction of sp³-hybridized carbons (Fsp3) is 0.250. The molecule has 0 aromatic heterocycles. The normalized spacial score (nSPS) is 15.3. The van der Waals surface area contributed by atoms with E-state index in [-0.39, 0.29) is 0 Å². The molecule has 0 atom stereocenters. The molecule has 2 rings (SSSR count). The molecule has 1 heterocycles. The van der Waals surface area contributed by atoms with Gasteiger partial charge < -0.3 is 10.5 Å². The molecule has 0 radical (unpaired) electrons. The number of nitrogens with one attached hydrogen (secondary N) is 2. The van der Waals surface area contributed by atoms with Gasteiger partial charge in [0.15, 0.2) is 0 Å². The number of phenols is 1. The van der Waals surface area contributed by atoms with E-state index in [2.05, 4.69) is 10.9 Å². The number of fused-ring (bicyclic) bond motifs is 1. The van der Waals surface area contributed by atoms with Gasteiger partial charge in [0.05, 0.1) is 5.69 Å². The second kappa shape index (κ2) is 2.43. The average Bonchev–Trinajstić information content (AvgIpc) is 2.06. The average molecular weight is 150 g/mol. The van der Waals surface area contributed by atoms with Crippen LogP contribution < -0.4 is 10.9 Å². The zero-order chi connectivity index (χ0) is 7.68. The van der Waals surface area contributed by atoms with Gasteiger partial charge in [-0.05, 0) is 18.1 Å². The van der Waals surface area contributed by atoms with Crippen molar-refractivity contribution in [2.45, 2.75) is 6.42 Å². The molecule has 0 spiro atoms. The molecule has 11 heavy (non-hydrogen) atoms. The maximum absolute atomic E-state index is 9.35. The Hall–Kier alpha value is -1.22. The number of para-hydroxylation sites is 1. The fourth-order valence-corrected chi connectivity index (χ4v) is 1.29. The summed E-state index contributed by atoms with van der Waals surface area (Å²) in [7, 11) is 0. The Balaban J connectivity index is 2.49. The smallest absolute Gasteiger partial charge is 0.140 e. The van der Waals surface area contributed by atoms with Crippen molar-refractivity contribution in [3.63, 3.8) is 0 Å². The highest BCUT2D eigenvalue weighted by atomic mass is 16.3. The van der Waals surface area contributed by atoms with Crippen LogP contribution in [-0.4, -0.2) is 11.7 Å². The molecule has 0 fully saturated rings. The second-order valence-electron chi connectivity index (χ2n) is 2.61. The highest BCUT2D eigenvalue weighted by Gasteiger charge is 2.10. The molecule has 3 heteroatoms. The number of rotatable bonds is 0.